The van der Waals surface area contributed by atoms with E-state index in [0.717, 1.165) is 43.3 Å². The first kappa shape index (κ1) is 11.3. The Kier molecular flexibility index (Phi) is 3.39. The summed E-state index contributed by atoms with van der Waals surface area (Å²) >= 11 is 0. The number of hydrogen-bond acceptors (Lipinski definition) is 4. The quantitative estimate of drug-likeness (QED) is 0.839. The Morgan fingerprint density at radius 3 is 2.88 bits per heavy atom. The van der Waals surface area contributed by atoms with Crippen LogP contribution >= 0.6 is 0 Å². The highest BCUT2D eigenvalue weighted by atomic mass is 16.5. The fourth-order valence-corrected chi connectivity index (χ4v) is 1.85. The summed E-state index contributed by atoms with van der Waals surface area (Å²) in [6.45, 7) is 7.94. The molecule has 0 bridgehead atoms. The molecular weight excluding hydrogens is 202 g/mol. The molecule has 4 nitrogen and oxygen atoms in total. The molecule has 0 fully saturated rings. The molecular formula is C12H19N3O. The minimum absolute atomic E-state index is 0.165. The van der Waals surface area contributed by atoms with Gasteiger partial charge in [0.2, 0.25) is 5.88 Å². The van der Waals surface area contributed by atoms with Crippen molar-refractivity contribution < 1.29 is 4.74 Å². The fraction of sp³-hybridized carbons (Fsp3) is 0.667. The van der Waals surface area contributed by atoms with Gasteiger partial charge in [-0.15, -0.1) is 0 Å². The highest BCUT2D eigenvalue weighted by molar-refractivity contribution is 5.33. The van der Waals surface area contributed by atoms with Gasteiger partial charge in [-0.05, 0) is 26.8 Å². The fourth-order valence-electron chi connectivity index (χ4n) is 1.85. The zero-order valence-corrected chi connectivity index (χ0v) is 10.2. The standard InChI is InChI=1S/C12H19N3O/c1-4-11-14-10-7-13-6-5-9(10)12(15-11)16-8(2)3/h8,13H,4-7H2,1-3H3. The minimum atomic E-state index is 0.165. The van der Waals surface area contributed by atoms with E-state index in [2.05, 4.69) is 22.2 Å². The van der Waals surface area contributed by atoms with Crippen LogP contribution in [0.15, 0.2) is 0 Å². The molecule has 0 radical (unpaired) electrons. The second-order valence-corrected chi connectivity index (χ2v) is 4.32. The minimum Gasteiger partial charge on any atom is -0.475 e. The molecule has 1 aromatic rings. The number of rotatable bonds is 3. The molecule has 0 atom stereocenters. The Labute approximate surface area is 96.4 Å². The lowest BCUT2D eigenvalue weighted by molar-refractivity contribution is 0.227. The van der Waals surface area contributed by atoms with Gasteiger partial charge in [0.15, 0.2) is 0 Å². The van der Waals surface area contributed by atoms with Gasteiger partial charge in [0.1, 0.15) is 5.82 Å². The Morgan fingerprint density at radius 2 is 2.19 bits per heavy atom. The van der Waals surface area contributed by atoms with Gasteiger partial charge in [-0.25, -0.2) is 4.98 Å². The van der Waals surface area contributed by atoms with E-state index in [1.807, 2.05) is 13.8 Å². The third-order valence-electron chi connectivity index (χ3n) is 2.61. The molecule has 4 heteroatoms. The molecule has 1 aliphatic rings. The van der Waals surface area contributed by atoms with Crippen LogP contribution in [0.5, 0.6) is 5.88 Å². The van der Waals surface area contributed by atoms with Crippen molar-refractivity contribution in [2.24, 2.45) is 0 Å². The van der Waals surface area contributed by atoms with Gasteiger partial charge in [-0.1, -0.05) is 6.92 Å². The Morgan fingerprint density at radius 1 is 1.38 bits per heavy atom. The molecule has 1 aromatic heterocycles. The van der Waals surface area contributed by atoms with E-state index >= 15 is 0 Å². The van der Waals surface area contributed by atoms with Crippen molar-refractivity contribution >= 4 is 0 Å². The highest BCUT2D eigenvalue weighted by Crippen LogP contribution is 2.23. The number of nitrogens with one attached hydrogen (secondary N) is 1. The average Bonchev–Trinajstić information content (AvgIpc) is 2.28. The van der Waals surface area contributed by atoms with Crippen molar-refractivity contribution in [3.05, 3.63) is 17.1 Å². The van der Waals surface area contributed by atoms with Crippen LogP contribution in [0.1, 0.15) is 37.9 Å². The maximum atomic E-state index is 5.78. The van der Waals surface area contributed by atoms with Crippen molar-refractivity contribution in [2.45, 2.75) is 46.3 Å². The molecule has 16 heavy (non-hydrogen) atoms. The summed E-state index contributed by atoms with van der Waals surface area (Å²) in [7, 11) is 0. The maximum Gasteiger partial charge on any atom is 0.220 e. The molecule has 0 amide bonds. The van der Waals surface area contributed by atoms with Crippen molar-refractivity contribution in [3.8, 4) is 5.88 Å². The van der Waals surface area contributed by atoms with Crippen LogP contribution in [0.4, 0.5) is 0 Å². The van der Waals surface area contributed by atoms with Gasteiger partial charge in [0.25, 0.3) is 0 Å². The SMILES string of the molecule is CCc1nc2c(c(OC(C)C)n1)CCNC2. The maximum absolute atomic E-state index is 5.78. The number of fused-ring (bicyclic) bond motifs is 1. The number of aromatic nitrogens is 2. The van der Waals surface area contributed by atoms with Gasteiger partial charge in [0, 0.05) is 18.5 Å². The summed E-state index contributed by atoms with van der Waals surface area (Å²) in [4.78, 5) is 9.03. The summed E-state index contributed by atoms with van der Waals surface area (Å²) in [6, 6.07) is 0. The Bertz CT molecular complexity index is 377. The third-order valence-corrected chi connectivity index (χ3v) is 2.61. The molecule has 2 heterocycles. The molecule has 0 aromatic carbocycles. The molecule has 0 saturated carbocycles. The smallest absolute Gasteiger partial charge is 0.220 e. The van der Waals surface area contributed by atoms with Crippen LogP contribution in [0.25, 0.3) is 0 Å². The van der Waals surface area contributed by atoms with E-state index < -0.39 is 0 Å². The number of ether oxygens (including phenoxy) is 1. The molecule has 0 unspecified atom stereocenters. The molecule has 2 rings (SSSR count). The largest absolute Gasteiger partial charge is 0.475 e. The molecule has 0 spiro atoms. The van der Waals surface area contributed by atoms with E-state index in [4.69, 9.17) is 4.74 Å². The van der Waals surface area contributed by atoms with Gasteiger partial charge in [0.05, 0.1) is 11.8 Å². The van der Waals surface area contributed by atoms with E-state index in [-0.39, 0.29) is 6.10 Å². The normalized spacial score (nSPS) is 15.0. The highest BCUT2D eigenvalue weighted by Gasteiger charge is 2.18. The summed E-state index contributed by atoms with van der Waals surface area (Å²) in [5, 5.41) is 3.33. The molecule has 0 saturated heterocycles. The molecule has 1 N–H and O–H groups in total. The van der Waals surface area contributed by atoms with Crippen molar-refractivity contribution in [1.82, 2.24) is 15.3 Å². The van der Waals surface area contributed by atoms with E-state index in [1.165, 1.54) is 5.56 Å². The second-order valence-electron chi connectivity index (χ2n) is 4.32. The summed E-state index contributed by atoms with van der Waals surface area (Å²) in [5.41, 5.74) is 2.29. The van der Waals surface area contributed by atoms with E-state index in [0.29, 0.717) is 0 Å². The molecule has 1 aliphatic heterocycles. The predicted molar refractivity (Wildman–Crippen MR) is 62.6 cm³/mol. The van der Waals surface area contributed by atoms with Crippen molar-refractivity contribution in [2.75, 3.05) is 6.54 Å². The van der Waals surface area contributed by atoms with Crippen LogP contribution in [0, 0.1) is 0 Å². The number of hydrogen-bond donors (Lipinski definition) is 1. The van der Waals surface area contributed by atoms with Crippen LogP contribution < -0.4 is 10.1 Å². The van der Waals surface area contributed by atoms with Gasteiger partial charge < -0.3 is 10.1 Å². The van der Waals surface area contributed by atoms with Crippen molar-refractivity contribution in [1.29, 1.82) is 0 Å². The van der Waals surface area contributed by atoms with Gasteiger partial charge in [-0.3, -0.25) is 0 Å². The van der Waals surface area contributed by atoms with Crippen molar-refractivity contribution in [3.63, 3.8) is 0 Å². The first-order valence-electron chi connectivity index (χ1n) is 5.96. The van der Waals surface area contributed by atoms with Gasteiger partial charge >= 0.3 is 0 Å². The zero-order chi connectivity index (χ0) is 11.5. The number of nitrogens with zero attached hydrogens (tertiary/aromatic N) is 2. The summed E-state index contributed by atoms with van der Waals surface area (Å²) in [5.74, 6) is 1.66. The lowest BCUT2D eigenvalue weighted by Crippen LogP contribution is -2.27. The zero-order valence-electron chi connectivity index (χ0n) is 10.2. The van der Waals surface area contributed by atoms with Crippen LogP contribution in [0.3, 0.4) is 0 Å². The number of aryl methyl sites for hydroxylation is 1. The monoisotopic (exact) mass is 221 g/mol. The van der Waals surface area contributed by atoms with Crippen LogP contribution in [0.2, 0.25) is 0 Å². The lowest BCUT2D eigenvalue weighted by Gasteiger charge is -2.20. The Hall–Kier alpha value is -1.16. The average molecular weight is 221 g/mol. The first-order chi connectivity index (χ1) is 7.70. The van der Waals surface area contributed by atoms with E-state index in [1.54, 1.807) is 0 Å². The summed E-state index contributed by atoms with van der Waals surface area (Å²) in [6.07, 6.45) is 1.97. The first-order valence-corrected chi connectivity index (χ1v) is 5.96. The second kappa shape index (κ2) is 4.78. The summed E-state index contributed by atoms with van der Waals surface area (Å²) < 4.78 is 5.78. The van der Waals surface area contributed by atoms with Crippen LogP contribution in [-0.2, 0) is 19.4 Å². The topological polar surface area (TPSA) is 47.0 Å². The van der Waals surface area contributed by atoms with E-state index in [9.17, 15) is 0 Å². The predicted octanol–water partition coefficient (Wildman–Crippen LogP) is 1.47. The van der Waals surface area contributed by atoms with Gasteiger partial charge in [-0.2, -0.15) is 4.98 Å². The van der Waals surface area contributed by atoms with Crippen LogP contribution in [-0.4, -0.2) is 22.6 Å². The lowest BCUT2D eigenvalue weighted by atomic mass is 10.1. The molecule has 88 valence electrons. The Balaban J connectivity index is 2.39. The third kappa shape index (κ3) is 2.32. The molecule has 0 aliphatic carbocycles.